The molecular formula is C21H28N4O2. The minimum absolute atomic E-state index is 0.212. The molecule has 0 aliphatic carbocycles. The number of carbonyl (C=O) groups excluding carboxylic acids is 1. The lowest BCUT2D eigenvalue weighted by molar-refractivity contribution is 0.0198. The number of aromatic nitrogens is 1. The Morgan fingerprint density at radius 1 is 1.30 bits per heavy atom. The molecule has 2 aliphatic rings. The molecule has 0 radical (unpaired) electrons. The van der Waals surface area contributed by atoms with Crippen molar-refractivity contribution in [2.75, 3.05) is 30.3 Å². The Balaban J connectivity index is 1.61. The molecule has 6 nitrogen and oxygen atoms in total. The molecule has 1 fully saturated rings. The average molecular weight is 368 g/mol. The van der Waals surface area contributed by atoms with Crippen LogP contribution in [0.25, 0.3) is 10.8 Å². The van der Waals surface area contributed by atoms with Gasteiger partial charge < -0.3 is 20.3 Å². The predicted molar refractivity (Wildman–Crippen MR) is 108 cm³/mol. The van der Waals surface area contributed by atoms with Crippen molar-refractivity contribution in [3.8, 4) is 0 Å². The Labute approximate surface area is 160 Å². The van der Waals surface area contributed by atoms with Gasteiger partial charge in [0.2, 0.25) is 0 Å². The number of piperidine rings is 1. The van der Waals surface area contributed by atoms with E-state index < -0.39 is 5.60 Å². The van der Waals surface area contributed by atoms with Gasteiger partial charge in [-0.25, -0.2) is 9.78 Å². The Morgan fingerprint density at radius 3 is 2.89 bits per heavy atom. The molecule has 1 atom stereocenters. The summed E-state index contributed by atoms with van der Waals surface area (Å²) in [4.78, 5) is 21.2. The lowest BCUT2D eigenvalue weighted by Crippen LogP contribution is -2.52. The highest BCUT2D eigenvalue weighted by Crippen LogP contribution is 2.38. The number of ether oxygens (including phenoxy) is 1. The van der Waals surface area contributed by atoms with Gasteiger partial charge in [0, 0.05) is 48.3 Å². The van der Waals surface area contributed by atoms with E-state index in [1.807, 2.05) is 44.0 Å². The van der Waals surface area contributed by atoms with Gasteiger partial charge in [-0.1, -0.05) is 12.1 Å². The molecule has 144 valence electrons. The molecule has 1 amide bonds. The van der Waals surface area contributed by atoms with Gasteiger partial charge in [-0.05, 0) is 51.7 Å². The molecule has 4 rings (SSSR count). The van der Waals surface area contributed by atoms with Crippen LogP contribution in [-0.2, 0) is 11.2 Å². The zero-order chi connectivity index (χ0) is 19.2. The molecule has 1 aromatic carbocycles. The Kier molecular flexibility index (Phi) is 4.36. The van der Waals surface area contributed by atoms with Crippen molar-refractivity contribution in [2.45, 2.75) is 51.7 Å². The van der Waals surface area contributed by atoms with E-state index in [0.717, 1.165) is 37.7 Å². The number of hydrogen-bond donors (Lipinski definition) is 1. The summed E-state index contributed by atoms with van der Waals surface area (Å²) in [5, 5.41) is 2.24. The first-order valence-corrected chi connectivity index (χ1v) is 9.74. The van der Waals surface area contributed by atoms with Gasteiger partial charge in [-0.15, -0.1) is 0 Å². The number of amides is 1. The number of benzene rings is 1. The quantitative estimate of drug-likeness (QED) is 0.833. The van der Waals surface area contributed by atoms with Gasteiger partial charge in [0.1, 0.15) is 11.4 Å². The lowest BCUT2D eigenvalue weighted by atomic mass is 9.94. The second-order valence-electron chi connectivity index (χ2n) is 8.53. The van der Waals surface area contributed by atoms with E-state index in [2.05, 4.69) is 16.0 Å². The molecule has 0 spiro atoms. The molecular weight excluding hydrogens is 340 g/mol. The number of anilines is 2. The van der Waals surface area contributed by atoms with Crippen molar-refractivity contribution in [2.24, 2.45) is 0 Å². The van der Waals surface area contributed by atoms with Crippen LogP contribution >= 0.6 is 0 Å². The SMILES string of the molecule is CC(C)(C)OC(=O)N1CCCC(N2CCc3cnc(N)c4cccc2c34)C1. The second kappa shape index (κ2) is 6.59. The maximum absolute atomic E-state index is 12.5. The summed E-state index contributed by atoms with van der Waals surface area (Å²) in [6.07, 6.45) is 4.71. The van der Waals surface area contributed by atoms with Crippen molar-refractivity contribution in [1.29, 1.82) is 0 Å². The fourth-order valence-corrected chi connectivity index (χ4v) is 4.24. The third-order valence-corrected chi connectivity index (χ3v) is 5.42. The summed E-state index contributed by atoms with van der Waals surface area (Å²) < 4.78 is 5.59. The van der Waals surface area contributed by atoms with Crippen LogP contribution in [0.4, 0.5) is 16.3 Å². The topological polar surface area (TPSA) is 71.7 Å². The van der Waals surface area contributed by atoms with Crippen LogP contribution in [0.1, 0.15) is 39.2 Å². The lowest BCUT2D eigenvalue weighted by Gasteiger charge is -2.43. The summed E-state index contributed by atoms with van der Waals surface area (Å²) >= 11 is 0. The highest BCUT2D eigenvalue weighted by atomic mass is 16.6. The van der Waals surface area contributed by atoms with Crippen LogP contribution in [0.3, 0.4) is 0 Å². The second-order valence-corrected chi connectivity index (χ2v) is 8.53. The van der Waals surface area contributed by atoms with Crippen LogP contribution < -0.4 is 10.6 Å². The molecule has 0 saturated carbocycles. The highest BCUT2D eigenvalue weighted by molar-refractivity contribution is 6.02. The number of nitrogen functional groups attached to an aromatic ring is 1. The van der Waals surface area contributed by atoms with E-state index in [1.54, 1.807) is 0 Å². The van der Waals surface area contributed by atoms with E-state index in [9.17, 15) is 4.79 Å². The molecule has 1 aromatic heterocycles. The highest BCUT2D eigenvalue weighted by Gasteiger charge is 2.32. The van der Waals surface area contributed by atoms with Gasteiger partial charge in [-0.2, -0.15) is 0 Å². The Hall–Kier alpha value is -2.50. The maximum atomic E-state index is 12.5. The van der Waals surface area contributed by atoms with E-state index >= 15 is 0 Å². The minimum Gasteiger partial charge on any atom is -0.444 e. The van der Waals surface area contributed by atoms with Crippen molar-refractivity contribution >= 4 is 28.4 Å². The van der Waals surface area contributed by atoms with Crippen molar-refractivity contribution in [3.05, 3.63) is 30.0 Å². The molecule has 3 heterocycles. The molecule has 0 bridgehead atoms. The van der Waals surface area contributed by atoms with Crippen molar-refractivity contribution in [3.63, 3.8) is 0 Å². The number of nitrogens with two attached hydrogens (primary N) is 1. The summed E-state index contributed by atoms with van der Waals surface area (Å²) in [7, 11) is 0. The zero-order valence-electron chi connectivity index (χ0n) is 16.4. The number of carbonyl (C=O) groups is 1. The first-order valence-electron chi connectivity index (χ1n) is 9.74. The smallest absolute Gasteiger partial charge is 0.410 e. The molecule has 2 aliphatic heterocycles. The van der Waals surface area contributed by atoms with E-state index in [-0.39, 0.29) is 6.09 Å². The van der Waals surface area contributed by atoms with Crippen LogP contribution in [0.5, 0.6) is 0 Å². The fraction of sp³-hybridized carbons (Fsp3) is 0.524. The average Bonchev–Trinajstić information content (AvgIpc) is 2.63. The van der Waals surface area contributed by atoms with Crippen LogP contribution in [0.2, 0.25) is 0 Å². The molecule has 2 aromatic rings. The third kappa shape index (κ3) is 3.40. The van der Waals surface area contributed by atoms with Crippen LogP contribution in [0.15, 0.2) is 24.4 Å². The van der Waals surface area contributed by atoms with Gasteiger partial charge >= 0.3 is 6.09 Å². The number of rotatable bonds is 1. The van der Waals surface area contributed by atoms with Gasteiger partial charge in [-0.3, -0.25) is 0 Å². The first kappa shape index (κ1) is 17.9. The van der Waals surface area contributed by atoms with Gasteiger partial charge in [0.15, 0.2) is 0 Å². The van der Waals surface area contributed by atoms with Crippen molar-refractivity contribution < 1.29 is 9.53 Å². The summed E-state index contributed by atoms with van der Waals surface area (Å²) in [5.74, 6) is 0.580. The summed E-state index contributed by atoms with van der Waals surface area (Å²) in [6, 6.07) is 6.55. The third-order valence-electron chi connectivity index (χ3n) is 5.42. The van der Waals surface area contributed by atoms with E-state index in [4.69, 9.17) is 10.5 Å². The van der Waals surface area contributed by atoms with Crippen molar-refractivity contribution in [1.82, 2.24) is 9.88 Å². The van der Waals surface area contributed by atoms with E-state index in [0.29, 0.717) is 18.4 Å². The maximum Gasteiger partial charge on any atom is 0.410 e. The molecule has 6 heteroatoms. The monoisotopic (exact) mass is 368 g/mol. The minimum atomic E-state index is -0.468. The zero-order valence-corrected chi connectivity index (χ0v) is 16.4. The van der Waals surface area contributed by atoms with E-state index in [1.165, 1.54) is 16.6 Å². The van der Waals surface area contributed by atoms with Gasteiger partial charge in [0.25, 0.3) is 0 Å². The van der Waals surface area contributed by atoms with Crippen LogP contribution in [0, 0.1) is 0 Å². The summed E-state index contributed by atoms with van der Waals surface area (Å²) in [6.45, 7) is 8.12. The number of likely N-dealkylation sites (tertiary alicyclic amines) is 1. The Bertz CT molecular complexity index is 874. The molecule has 27 heavy (non-hydrogen) atoms. The van der Waals surface area contributed by atoms with Gasteiger partial charge in [0.05, 0.1) is 0 Å². The number of hydrogen-bond acceptors (Lipinski definition) is 5. The van der Waals surface area contributed by atoms with Crippen LogP contribution in [-0.4, -0.2) is 47.3 Å². The fourth-order valence-electron chi connectivity index (χ4n) is 4.24. The molecule has 1 saturated heterocycles. The standard InChI is InChI=1S/C21H28N4O2/c1-21(2,3)27-20(26)24-10-5-6-15(13-24)25-11-9-14-12-23-19(22)16-7-4-8-17(25)18(14)16/h4,7-8,12,15H,5-6,9-11,13H2,1-3H3,(H2,22,23). The largest absolute Gasteiger partial charge is 0.444 e. The number of nitrogens with zero attached hydrogens (tertiary/aromatic N) is 3. The summed E-state index contributed by atoms with van der Waals surface area (Å²) in [5.41, 5.74) is 8.11. The predicted octanol–water partition coefficient (Wildman–Crippen LogP) is 3.58. The number of pyridine rings is 1. The first-order chi connectivity index (χ1) is 12.8. The molecule has 2 N–H and O–H groups in total. The normalized spacial score (nSPS) is 20.0. The molecule has 1 unspecified atom stereocenters. The Morgan fingerprint density at radius 2 is 2.11 bits per heavy atom.